The first-order valence-electron chi connectivity index (χ1n) is 9.56. The molecule has 1 heterocycles. The van der Waals surface area contributed by atoms with E-state index in [-0.39, 0.29) is 10.9 Å². The first-order chi connectivity index (χ1) is 12.8. The highest BCUT2D eigenvalue weighted by atomic mass is 32.2. The Morgan fingerprint density at radius 2 is 1.52 bits per heavy atom. The zero-order valence-corrected chi connectivity index (χ0v) is 17.3. The molecule has 2 aromatic carbocycles. The summed E-state index contributed by atoms with van der Waals surface area (Å²) in [4.78, 5) is 0.199. The third kappa shape index (κ3) is 3.06. The van der Waals surface area contributed by atoms with Gasteiger partial charge < -0.3 is 9.59 Å². The van der Waals surface area contributed by atoms with Crippen molar-refractivity contribution in [3.05, 3.63) is 59.7 Å². The Hall–Kier alpha value is -1.89. The van der Waals surface area contributed by atoms with Crippen LogP contribution in [0.5, 0.6) is 0 Å². The number of fused-ring (bicyclic) bond motifs is 1. The SMILES string of the molecule is CC[N+](CC)(CC)C1c2ccccc2N(S(=O)(=O)c2ccc(C)cc2)C1O. The van der Waals surface area contributed by atoms with Crippen LogP contribution in [0.3, 0.4) is 0 Å². The van der Waals surface area contributed by atoms with Crippen molar-refractivity contribution in [2.45, 2.75) is 44.9 Å². The summed E-state index contributed by atoms with van der Waals surface area (Å²) < 4.78 is 28.7. The van der Waals surface area contributed by atoms with Gasteiger partial charge in [-0.1, -0.05) is 35.9 Å². The predicted octanol–water partition coefficient (Wildman–Crippen LogP) is 3.44. The summed E-state index contributed by atoms with van der Waals surface area (Å²) in [7, 11) is -3.86. The summed E-state index contributed by atoms with van der Waals surface area (Å²) >= 11 is 0. The van der Waals surface area contributed by atoms with Crippen LogP contribution in [0.1, 0.15) is 37.9 Å². The molecule has 0 saturated carbocycles. The predicted molar refractivity (Wildman–Crippen MR) is 108 cm³/mol. The van der Waals surface area contributed by atoms with E-state index in [1.807, 2.05) is 25.1 Å². The van der Waals surface area contributed by atoms with Gasteiger partial charge in [0.2, 0.25) is 0 Å². The maximum atomic E-state index is 13.4. The lowest BCUT2D eigenvalue weighted by atomic mass is 10.0. The van der Waals surface area contributed by atoms with Crippen LogP contribution in [0.15, 0.2) is 53.4 Å². The number of hydrogen-bond donors (Lipinski definition) is 1. The Labute approximate surface area is 162 Å². The number of quaternary nitrogens is 1. The molecule has 0 aliphatic carbocycles. The summed E-state index contributed by atoms with van der Waals surface area (Å²) in [5.41, 5.74) is 2.47. The molecule has 0 amide bonds. The molecule has 1 aliphatic heterocycles. The molecule has 0 aromatic heterocycles. The van der Waals surface area contributed by atoms with Gasteiger partial charge in [0.15, 0.2) is 12.3 Å². The van der Waals surface area contributed by atoms with Crippen molar-refractivity contribution in [3.8, 4) is 0 Å². The molecule has 27 heavy (non-hydrogen) atoms. The van der Waals surface area contributed by atoms with Gasteiger partial charge in [-0.2, -0.15) is 0 Å². The average Bonchev–Trinajstić information content (AvgIpc) is 2.97. The molecular formula is C21H29N2O3S+. The van der Waals surface area contributed by atoms with Crippen LogP contribution in [0.4, 0.5) is 5.69 Å². The van der Waals surface area contributed by atoms with E-state index in [9.17, 15) is 13.5 Å². The molecule has 1 aliphatic rings. The van der Waals surface area contributed by atoms with Crippen molar-refractivity contribution in [1.82, 2.24) is 0 Å². The normalized spacial score (nSPS) is 20.0. The number of rotatable bonds is 6. The molecule has 0 saturated heterocycles. The molecule has 1 N–H and O–H groups in total. The lowest BCUT2D eigenvalue weighted by Crippen LogP contribution is -2.55. The van der Waals surface area contributed by atoms with Gasteiger partial charge in [-0.3, -0.25) is 0 Å². The van der Waals surface area contributed by atoms with Crippen molar-refractivity contribution in [1.29, 1.82) is 0 Å². The van der Waals surface area contributed by atoms with E-state index < -0.39 is 16.3 Å². The van der Waals surface area contributed by atoms with Gasteiger partial charge in [-0.15, -0.1) is 0 Å². The minimum Gasteiger partial charge on any atom is -0.367 e. The third-order valence-electron chi connectivity index (χ3n) is 6.07. The number of likely N-dealkylation sites (N-methyl/N-ethyl adjacent to an activating group) is 1. The zero-order chi connectivity index (χ0) is 19.8. The Bertz CT molecular complexity index is 897. The molecule has 2 unspecified atom stereocenters. The second-order valence-electron chi connectivity index (χ2n) is 7.20. The van der Waals surface area contributed by atoms with Gasteiger partial charge >= 0.3 is 0 Å². The fourth-order valence-corrected chi connectivity index (χ4v) is 5.84. The van der Waals surface area contributed by atoms with Crippen LogP contribution in [0.25, 0.3) is 0 Å². The summed E-state index contributed by atoms with van der Waals surface area (Å²) in [6, 6.07) is 13.9. The maximum Gasteiger partial charge on any atom is 0.266 e. The molecule has 146 valence electrons. The van der Waals surface area contributed by atoms with E-state index in [1.165, 1.54) is 4.31 Å². The Morgan fingerprint density at radius 3 is 2.07 bits per heavy atom. The Kier molecular flexibility index (Phi) is 5.34. The second-order valence-corrected chi connectivity index (χ2v) is 9.01. The fourth-order valence-electron chi connectivity index (χ4n) is 4.30. The monoisotopic (exact) mass is 389 g/mol. The van der Waals surface area contributed by atoms with Crippen molar-refractivity contribution in [2.24, 2.45) is 0 Å². The number of aliphatic hydroxyl groups excluding tert-OH is 1. The van der Waals surface area contributed by atoms with E-state index in [0.717, 1.165) is 30.8 Å². The van der Waals surface area contributed by atoms with Crippen LogP contribution in [0.2, 0.25) is 0 Å². The molecule has 0 bridgehead atoms. The number of anilines is 1. The van der Waals surface area contributed by atoms with Gasteiger partial charge in [0.05, 0.1) is 30.2 Å². The first kappa shape index (κ1) is 19.9. The zero-order valence-electron chi connectivity index (χ0n) is 16.5. The number of sulfonamides is 1. The minimum absolute atomic E-state index is 0.199. The smallest absolute Gasteiger partial charge is 0.266 e. The summed E-state index contributed by atoms with van der Waals surface area (Å²) in [5.74, 6) is 0. The van der Waals surface area contributed by atoms with E-state index in [4.69, 9.17) is 0 Å². The van der Waals surface area contributed by atoms with Crippen molar-refractivity contribution in [3.63, 3.8) is 0 Å². The molecule has 2 aromatic rings. The largest absolute Gasteiger partial charge is 0.367 e. The van der Waals surface area contributed by atoms with Crippen LogP contribution < -0.4 is 4.31 Å². The van der Waals surface area contributed by atoms with Crippen LogP contribution >= 0.6 is 0 Å². The Balaban J connectivity index is 2.17. The quantitative estimate of drug-likeness (QED) is 0.770. The molecule has 0 radical (unpaired) electrons. The number of aryl methyl sites for hydroxylation is 1. The van der Waals surface area contributed by atoms with Gasteiger partial charge in [0.1, 0.15) is 0 Å². The third-order valence-corrected chi connectivity index (χ3v) is 7.87. The number of aliphatic hydroxyl groups is 1. The van der Waals surface area contributed by atoms with E-state index in [0.29, 0.717) is 10.2 Å². The molecular weight excluding hydrogens is 360 g/mol. The van der Waals surface area contributed by atoms with Crippen molar-refractivity contribution < 1.29 is 18.0 Å². The first-order valence-corrected chi connectivity index (χ1v) is 11.0. The van der Waals surface area contributed by atoms with Crippen molar-refractivity contribution in [2.75, 3.05) is 23.9 Å². The fraction of sp³-hybridized carbons (Fsp3) is 0.429. The van der Waals surface area contributed by atoms with Gasteiger partial charge in [-0.05, 0) is 45.9 Å². The Morgan fingerprint density at radius 1 is 0.963 bits per heavy atom. The van der Waals surface area contributed by atoms with Crippen LogP contribution in [-0.4, -0.2) is 43.9 Å². The molecule has 0 spiro atoms. The molecule has 3 rings (SSSR count). The summed E-state index contributed by atoms with van der Waals surface area (Å²) in [6.07, 6.45) is -1.13. The molecule has 6 heteroatoms. The average molecular weight is 390 g/mol. The standard InChI is InChI=1S/C21H29N2O3S/c1-5-23(6-2,7-3)20-18-10-8-9-11-19(18)22(21(20)24)27(25,26)17-14-12-16(4)13-15-17/h8-15,20-21,24H,5-7H2,1-4H3/q+1. The highest BCUT2D eigenvalue weighted by molar-refractivity contribution is 7.92. The summed E-state index contributed by atoms with van der Waals surface area (Å²) in [5, 5.41) is 11.3. The van der Waals surface area contributed by atoms with Gasteiger partial charge in [0.25, 0.3) is 10.0 Å². The van der Waals surface area contributed by atoms with Gasteiger partial charge in [-0.25, -0.2) is 12.7 Å². The highest BCUT2D eigenvalue weighted by Crippen LogP contribution is 2.47. The van der Waals surface area contributed by atoms with E-state index in [1.54, 1.807) is 30.3 Å². The number of nitrogens with zero attached hydrogens (tertiary/aromatic N) is 2. The number of benzene rings is 2. The van der Waals surface area contributed by atoms with E-state index >= 15 is 0 Å². The molecule has 2 atom stereocenters. The lowest BCUT2D eigenvalue weighted by Gasteiger charge is -2.43. The van der Waals surface area contributed by atoms with E-state index in [2.05, 4.69) is 20.8 Å². The number of para-hydroxylation sites is 1. The summed E-state index contributed by atoms with van der Waals surface area (Å²) in [6.45, 7) is 10.7. The van der Waals surface area contributed by atoms with Crippen LogP contribution in [0, 0.1) is 6.92 Å². The van der Waals surface area contributed by atoms with Crippen molar-refractivity contribution >= 4 is 15.7 Å². The van der Waals surface area contributed by atoms with Crippen LogP contribution in [-0.2, 0) is 10.0 Å². The highest BCUT2D eigenvalue weighted by Gasteiger charge is 2.52. The maximum absolute atomic E-state index is 13.4. The molecule has 5 nitrogen and oxygen atoms in total. The minimum atomic E-state index is -3.86. The lowest BCUT2D eigenvalue weighted by molar-refractivity contribution is -0.955. The second kappa shape index (κ2) is 7.26. The van der Waals surface area contributed by atoms with Gasteiger partial charge in [0, 0.05) is 5.56 Å². The topological polar surface area (TPSA) is 57.6 Å². The molecule has 0 fully saturated rings. The number of hydrogen-bond acceptors (Lipinski definition) is 3.